The Morgan fingerprint density at radius 2 is 1.57 bits per heavy atom. The second kappa shape index (κ2) is 20.0. The lowest BCUT2D eigenvalue weighted by atomic mass is 10.1. The van der Waals surface area contributed by atoms with E-state index in [0.717, 1.165) is 37.5 Å². The standard InChI is InChI=1S/C28H47N7O7/c1-20(2)24(18-36)33-32-23(10-9-15-30-26(29)38)25(37)31-22-13-11-21(12-14-22)19-42-28(41)35(4)17-8-6-5-7-16-34(3)27(39)40/h11-14,18,20,23-24,32-33H,5-10,15-17,19H2,1-4H3,(H,31,37)(H,39,40)(H3,29,30,38)/t23-,24+/m0/s1. The average molecular weight is 594 g/mol. The highest BCUT2D eigenvalue weighted by Crippen LogP contribution is 2.13. The predicted octanol–water partition coefficient (Wildman–Crippen LogP) is 2.50. The summed E-state index contributed by atoms with van der Waals surface area (Å²) >= 11 is 0. The summed E-state index contributed by atoms with van der Waals surface area (Å²) in [5, 5.41) is 14.2. The number of urea groups is 1. The molecule has 7 N–H and O–H groups in total. The summed E-state index contributed by atoms with van der Waals surface area (Å²) in [4.78, 5) is 61.1. The fourth-order valence-electron chi connectivity index (χ4n) is 3.75. The zero-order chi connectivity index (χ0) is 31.5. The van der Waals surface area contributed by atoms with E-state index in [4.69, 9.17) is 15.6 Å². The highest BCUT2D eigenvalue weighted by Gasteiger charge is 2.21. The van der Waals surface area contributed by atoms with E-state index in [1.165, 1.54) is 9.80 Å². The maximum Gasteiger partial charge on any atom is 0.409 e. The van der Waals surface area contributed by atoms with Crippen LogP contribution in [-0.4, -0.2) is 91.1 Å². The third kappa shape index (κ3) is 15.2. The molecule has 0 heterocycles. The van der Waals surface area contributed by atoms with E-state index in [9.17, 15) is 24.0 Å². The molecular weight excluding hydrogens is 546 g/mol. The Bertz CT molecular complexity index is 991. The number of hydrogen-bond donors (Lipinski definition) is 6. The predicted molar refractivity (Wildman–Crippen MR) is 159 cm³/mol. The fourth-order valence-corrected chi connectivity index (χ4v) is 3.75. The number of rotatable bonds is 20. The van der Waals surface area contributed by atoms with Gasteiger partial charge in [0.05, 0.1) is 6.04 Å². The Hall–Kier alpha value is -3.91. The van der Waals surface area contributed by atoms with Crippen LogP contribution in [0.4, 0.5) is 20.1 Å². The van der Waals surface area contributed by atoms with Crippen molar-refractivity contribution in [2.24, 2.45) is 11.7 Å². The molecular formula is C28H47N7O7. The van der Waals surface area contributed by atoms with Gasteiger partial charge in [-0.3, -0.25) is 4.79 Å². The third-order valence-electron chi connectivity index (χ3n) is 6.53. The first kappa shape index (κ1) is 36.1. The summed E-state index contributed by atoms with van der Waals surface area (Å²) in [6.45, 7) is 5.16. The molecule has 0 aliphatic carbocycles. The van der Waals surface area contributed by atoms with Gasteiger partial charge >= 0.3 is 18.2 Å². The molecule has 0 radical (unpaired) electrons. The van der Waals surface area contributed by atoms with Gasteiger partial charge in [-0.2, -0.15) is 0 Å². The Balaban J connectivity index is 2.51. The van der Waals surface area contributed by atoms with Crippen molar-refractivity contribution >= 4 is 36.1 Å². The van der Waals surface area contributed by atoms with E-state index in [-0.39, 0.29) is 18.4 Å². The SMILES string of the molecule is CC(C)[C@@H](C=O)NN[C@@H](CCCNC(N)=O)C(=O)Nc1ccc(COC(=O)N(C)CCCCCCN(C)C(=O)O)cc1. The largest absolute Gasteiger partial charge is 0.465 e. The molecule has 1 aromatic carbocycles. The molecule has 2 atom stereocenters. The molecule has 1 rings (SSSR count). The van der Waals surface area contributed by atoms with Gasteiger partial charge in [0.15, 0.2) is 0 Å². The molecule has 0 fully saturated rings. The van der Waals surface area contributed by atoms with Crippen molar-refractivity contribution < 1.29 is 33.8 Å². The smallest absolute Gasteiger partial charge is 0.409 e. The maximum absolute atomic E-state index is 13.0. The van der Waals surface area contributed by atoms with Crippen molar-refractivity contribution in [3.8, 4) is 0 Å². The number of amides is 5. The molecule has 14 nitrogen and oxygen atoms in total. The number of primary amides is 1. The van der Waals surface area contributed by atoms with Crippen molar-refractivity contribution in [2.45, 2.75) is 71.1 Å². The number of nitrogens with zero attached hydrogens (tertiary/aromatic N) is 2. The quantitative estimate of drug-likeness (QED) is 0.0748. The minimum absolute atomic E-state index is 0.0149. The second-order valence-corrected chi connectivity index (χ2v) is 10.5. The van der Waals surface area contributed by atoms with Gasteiger partial charge in [0.1, 0.15) is 18.9 Å². The summed E-state index contributed by atoms with van der Waals surface area (Å²) in [5.74, 6) is -0.314. The molecule has 0 spiro atoms. The van der Waals surface area contributed by atoms with Crippen LogP contribution >= 0.6 is 0 Å². The lowest BCUT2D eigenvalue weighted by molar-refractivity contribution is -0.119. The van der Waals surface area contributed by atoms with Crippen LogP contribution in [0.1, 0.15) is 57.9 Å². The number of nitrogens with one attached hydrogen (secondary N) is 4. The topological polar surface area (TPSA) is 195 Å². The first-order valence-electron chi connectivity index (χ1n) is 14.2. The molecule has 1 aromatic rings. The Morgan fingerprint density at radius 1 is 0.952 bits per heavy atom. The van der Waals surface area contributed by atoms with Crippen LogP contribution in [0.5, 0.6) is 0 Å². The van der Waals surface area contributed by atoms with E-state index in [2.05, 4.69) is 21.5 Å². The third-order valence-corrected chi connectivity index (χ3v) is 6.53. The second-order valence-electron chi connectivity index (χ2n) is 10.5. The van der Waals surface area contributed by atoms with E-state index in [0.29, 0.717) is 38.2 Å². The van der Waals surface area contributed by atoms with Crippen molar-refractivity contribution in [2.75, 3.05) is 39.0 Å². The van der Waals surface area contributed by atoms with Crippen molar-refractivity contribution in [3.63, 3.8) is 0 Å². The van der Waals surface area contributed by atoms with Crippen molar-refractivity contribution in [1.29, 1.82) is 0 Å². The van der Waals surface area contributed by atoms with E-state index in [1.54, 1.807) is 38.4 Å². The first-order valence-corrected chi connectivity index (χ1v) is 14.2. The van der Waals surface area contributed by atoms with Gasteiger partial charge in [0.2, 0.25) is 5.91 Å². The molecule has 0 aromatic heterocycles. The van der Waals surface area contributed by atoms with Crippen molar-refractivity contribution in [3.05, 3.63) is 29.8 Å². The number of hydrogen-bond acceptors (Lipinski definition) is 8. The lowest BCUT2D eigenvalue weighted by Gasteiger charge is -2.23. The van der Waals surface area contributed by atoms with Gasteiger partial charge in [0, 0.05) is 39.4 Å². The zero-order valence-corrected chi connectivity index (χ0v) is 25.1. The minimum atomic E-state index is -0.939. The summed E-state index contributed by atoms with van der Waals surface area (Å²) < 4.78 is 5.38. The number of carboxylic acid groups (broad SMARTS) is 1. The maximum atomic E-state index is 13.0. The van der Waals surface area contributed by atoms with Crippen LogP contribution in [0.3, 0.4) is 0 Å². The number of aldehydes is 1. The summed E-state index contributed by atoms with van der Waals surface area (Å²) in [6, 6.07) is 5.08. The molecule has 236 valence electrons. The number of carbonyl (C=O) groups is 5. The zero-order valence-electron chi connectivity index (χ0n) is 25.1. The Kier molecular flexibility index (Phi) is 17.2. The number of nitrogens with two attached hydrogens (primary N) is 1. The van der Waals surface area contributed by atoms with Crippen LogP contribution in [0.25, 0.3) is 0 Å². The monoisotopic (exact) mass is 593 g/mol. The Labute approximate surface area is 247 Å². The number of ether oxygens (including phenoxy) is 1. The van der Waals surface area contributed by atoms with Gasteiger partial charge in [0.25, 0.3) is 0 Å². The van der Waals surface area contributed by atoms with Crippen LogP contribution in [-0.2, 0) is 20.9 Å². The van der Waals surface area contributed by atoms with Gasteiger partial charge < -0.3 is 40.8 Å². The van der Waals surface area contributed by atoms with Gasteiger partial charge in [-0.15, -0.1) is 0 Å². The molecule has 0 unspecified atom stereocenters. The summed E-state index contributed by atoms with van der Waals surface area (Å²) in [6.07, 6.45) is 3.55. The Morgan fingerprint density at radius 3 is 2.12 bits per heavy atom. The highest BCUT2D eigenvalue weighted by molar-refractivity contribution is 5.94. The van der Waals surface area contributed by atoms with Gasteiger partial charge in [-0.05, 0) is 49.3 Å². The summed E-state index contributed by atoms with van der Waals surface area (Å²) in [7, 11) is 3.21. The molecule has 0 saturated carbocycles. The minimum Gasteiger partial charge on any atom is -0.465 e. The molecule has 14 heteroatoms. The van der Waals surface area contributed by atoms with Crippen LogP contribution in [0.15, 0.2) is 24.3 Å². The lowest BCUT2D eigenvalue weighted by Crippen LogP contribution is -2.53. The van der Waals surface area contributed by atoms with E-state index >= 15 is 0 Å². The van der Waals surface area contributed by atoms with E-state index in [1.807, 2.05) is 13.8 Å². The average Bonchev–Trinajstić information content (AvgIpc) is 2.94. The number of anilines is 1. The van der Waals surface area contributed by atoms with Gasteiger partial charge in [-0.25, -0.2) is 25.2 Å². The normalized spacial score (nSPS) is 12.2. The van der Waals surface area contributed by atoms with Crippen LogP contribution < -0.4 is 27.2 Å². The van der Waals surface area contributed by atoms with E-state index < -0.39 is 30.3 Å². The fraction of sp³-hybridized carbons (Fsp3) is 0.607. The molecule has 5 amide bonds. The first-order chi connectivity index (χ1) is 19.9. The highest BCUT2D eigenvalue weighted by atomic mass is 16.6. The van der Waals surface area contributed by atoms with Crippen LogP contribution in [0, 0.1) is 5.92 Å². The number of benzene rings is 1. The molecule has 0 aliphatic rings. The molecule has 42 heavy (non-hydrogen) atoms. The number of unbranched alkanes of at least 4 members (excludes halogenated alkanes) is 3. The molecule has 0 bridgehead atoms. The number of carbonyl (C=O) groups excluding carboxylic acids is 4. The molecule has 0 saturated heterocycles. The molecule has 0 aliphatic heterocycles. The van der Waals surface area contributed by atoms with Gasteiger partial charge in [-0.1, -0.05) is 38.8 Å². The number of hydrazine groups is 1. The van der Waals surface area contributed by atoms with Crippen molar-refractivity contribution in [1.82, 2.24) is 26.0 Å². The summed E-state index contributed by atoms with van der Waals surface area (Å²) in [5.41, 5.74) is 12.2. The van der Waals surface area contributed by atoms with Crippen LogP contribution in [0.2, 0.25) is 0 Å².